The molecule has 35 heavy (non-hydrogen) atoms. The molecular weight excluding hydrogens is 504 g/mol. The van der Waals surface area contributed by atoms with Gasteiger partial charge in [-0.2, -0.15) is 0 Å². The molecular formula is C28H29BrN4O2. The molecule has 5 rings (SSSR count). The highest BCUT2D eigenvalue weighted by molar-refractivity contribution is 9.10. The Kier molecular flexibility index (Phi) is 7.45. The quantitative estimate of drug-likeness (QED) is 0.315. The van der Waals surface area contributed by atoms with Crippen molar-refractivity contribution in [3.05, 3.63) is 89.2 Å². The van der Waals surface area contributed by atoms with Crippen LogP contribution >= 0.6 is 15.9 Å². The number of nitrogens with one attached hydrogen (secondary N) is 1. The van der Waals surface area contributed by atoms with E-state index in [0.717, 1.165) is 65.2 Å². The van der Waals surface area contributed by atoms with Crippen molar-refractivity contribution in [2.24, 2.45) is 5.92 Å². The number of hydrogen-bond donors (Lipinski definition) is 1. The van der Waals surface area contributed by atoms with Gasteiger partial charge in [0.1, 0.15) is 18.2 Å². The van der Waals surface area contributed by atoms with Gasteiger partial charge in [-0.3, -0.25) is 9.69 Å². The average Bonchev–Trinajstić information content (AvgIpc) is 3.23. The molecule has 7 heteroatoms. The lowest BCUT2D eigenvalue weighted by atomic mass is 9.96. The third-order valence-corrected chi connectivity index (χ3v) is 7.02. The molecule has 0 unspecified atom stereocenters. The molecule has 0 spiro atoms. The minimum Gasteiger partial charge on any atom is -0.486 e. The van der Waals surface area contributed by atoms with Gasteiger partial charge in [0, 0.05) is 16.7 Å². The number of benzene rings is 3. The van der Waals surface area contributed by atoms with Crippen molar-refractivity contribution in [2.45, 2.75) is 26.0 Å². The Hall–Kier alpha value is -3.16. The summed E-state index contributed by atoms with van der Waals surface area (Å²) in [5.74, 6) is 2.37. The topological polar surface area (TPSA) is 59.4 Å². The normalized spacial score (nSPS) is 14.8. The van der Waals surface area contributed by atoms with E-state index >= 15 is 0 Å². The van der Waals surface area contributed by atoms with E-state index in [1.807, 2.05) is 60.7 Å². The highest BCUT2D eigenvalue weighted by Crippen LogP contribution is 2.24. The number of nitrogens with zero attached hydrogens (tertiary/aromatic N) is 3. The van der Waals surface area contributed by atoms with E-state index in [0.29, 0.717) is 19.1 Å². The fourth-order valence-electron chi connectivity index (χ4n) is 4.63. The zero-order chi connectivity index (χ0) is 24.0. The van der Waals surface area contributed by atoms with E-state index in [2.05, 4.69) is 48.9 Å². The Morgan fingerprint density at radius 1 is 0.971 bits per heavy atom. The molecule has 1 saturated heterocycles. The number of hydrogen-bond acceptors (Lipinski definition) is 4. The molecule has 4 aromatic rings. The van der Waals surface area contributed by atoms with Crippen molar-refractivity contribution in [3.8, 4) is 5.75 Å². The first-order chi connectivity index (χ1) is 17.1. The van der Waals surface area contributed by atoms with Crippen LogP contribution < -0.4 is 10.1 Å². The molecule has 1 aliphatic heterocycles. The number of piperidine rings is 1. The minimum atomic E-state index is 0.0340. The van der Waals surface area contributed by atoms with Crippen molar-refractivity contribution < 1.29 is 9.53 Å². The number of para-hydroxylation sites is 3. The van der Waals surface area contributed by atoms with Gasteiger partial charge in [-0.25, -0.2) is 4.98 Å². The van der Waals surface area contributed by atoms with Crippen LogP contribution in [-0.2, 0) is 17.9 Å². The predicted octanol–water partition coefficient (Wildman–Crippen LogP) is 5.73. The van der Waals surface area contributed by atoms with Gasteiger partial charge in [-0.05, 0) is 80.4 Å². The molecule has 0 saturated carbocycles. The lowest BCUT2D eigenvalue weighted by Crippen LogP contribution is -2.40. The maximum atomic E-state index is 12.5. The van der Waals surface area contributed by atoms with Crippen molar-refractivity contribution in [1.29, 1.82) is 0 Å². The summed E-state index contributed by atoms with van der Waals surface area (Å²) in [5.41, 5.74) is 2.97. The Labute approximate surface area is 214 Å². The summed E-state index contributed by atoms with van der Waals surface area (Å²) in [5, 5.41) is 2.99. The van der Waals surface area contributed by atoms with E-state index in [1.165, 1.54) is 0 Å². The van der Waals surface area contributed by atoms with Crippen LogP contribution in [0.3, 0.4) is 0 Å². The molecule has 1 aromatic heterocycles. The fourth-order valence-corrected chi connectivity index (χ4v) is 4.89. The monoisotopic (exact) mass is 532 g/mol. The van der Waals surface area contributed by atoms with Crippen LogP contribution in [0.25, 0.3) is 11.0 Å². The van der Waals surface area contributed by atoms with E-state index in [9.17, 15) is 4.79 Å². The van der Waals surface area contributed by atoms with Crippen molar-refractivity contribution in [1.82, 2.24) is 14.5 Å². The molecule has 0 bridgehead atoms. The van der Waals surface area contributed by atoms with Crippen LogP contribution in [0.15, 0.2) is 83.3 Å². The third-order valence-electron chi connectivity index (χ3n) is 6.49. The number of amides is 1. The van der Waals surface area contributed by atoms with E-state index in [4.69, 9.17) is 9.72 Å². The summed E-state index contributed by atoms with van der Waals surface area (Å²) in [6, 6.07) is 25.8. The number of halogens is 1. The Morgan fingerprint density at radius 3 is 2.46 bits per heavy atom. The van der Waals surface area contributed by atoms with E-state index in [1.54, 1.807) is 0 Å². The molecule has 0 radical (unpaired) electrons. The van der Waals surface area contributed by atoms with Gasteiger partial charge in [-0.1, -0.05) is 46.3 Å². The van der Waals surface area contributed by atoms with Gasteiger partial charge in [0.2, 0.25) is 5.91 Å². The van der Waals surface area contributed by atoms with Gasteiger partial charge in [0.05, 0.1) is 17.6 Å². The molecule has 180 valence electrons. The van der Waals surface area contributed by atoms with Crippen LogP contribution in [0.5, 0.6) is 5.75 Å². The molecule has 2 heterocycles. The smallest absolute Gasteiger partial charge is 0.238 e. The number of carbonyl (C=O) groups excluding carboxylic acids is 1. The van der Waals surface area contributed by atoms with Crippen molar-refractivity contribution in [2.75, 3.05) is 25.0 Å². The molecule has 1 fully saturated rings. The Morgan fingerprint density at radius 2 is 1.69 bits per heavy atom. The summed E-state index contributed by atoms with van der Waals surface area (Å²) < 4.78 is 9.35. The maximum absolute atomic E-state index is 12.5. The lowest BCUT2D eigenvalue weighted by Gasteiger charge is -2.32. The molecule has 3 aromatic carbocycles. The van der Waals surface area contributed by atoms with Crippen LogP contribution in [0.2, 0.25) is 0 Å². The SMILES string of the molecule is O=C(CN1CCC(Cn2c(COc3ccccc3)nc3ccccc32)CC1)Nc1ccc(Br)cc1. The number of imidazole rings is 1. The summed E-state index contributed by atoms with van der Waals surface area (Å²) >= 11 is 3.42. The molecule has 1 amide bonds. The van der Waals surface area contributed by atoms with Crippen LogP contribution in [0, 0.1) is 5.92 Å². The van der Waals surface area contributed by atoms with Crippen LogP contribution in [-0.4, -0.2) is 40.0 Å². The standard InChI is InChI=1S/C28H29BrN4O2/c29-22-10-12-23(13-11-22)30-28(34)19-32-16-14-21(15-17-32)18-33-26-9-5-4-8-25(26)31-27(33)20-35-24-6-2-1-3-7-24/h1-13,21H,14-20H2,(H,30,34). The van der Waals surface area contributed by atoms with Crippen LogP contribution in [0.4, 0.5) is 5.69 Å². The summed E-state index contributed by atoms with van der Waals surface area (Å²) in [4.78, 5) is 19.6. The molecule has 6 nitrogen and oxygen atoms in total. The zero-order valence-electron chi connectivity index (χ0n) is 19.6. The van der Waals surface area contributed by atoms with Crippen molar-refractivity contribution in [3.63, 3.8) is 0 Å². The first kappa shape index (κ1) is 23.6. The Bertz CT molecular complexity index is 1270. The van der Waals surface area contributed by atoms with Gasteiger partial charge in [0.15, 0.2) is 0 Å². The molecule has 0 atom stereocenters. The largest absolute Gasteiger partial charge is 0.486 e. The second-order valence-electron chi connectivity index (χ2n) is 9.00. The van der Waals surface area contributed by atoms with E-state index < -0.39 is 0 Å². The Balaban J connectivity index is 1.18. The number of ether oxygens (including phenoxy) is 1. The van der Waals surface area contributed by atoms with Gasteiger partial charge >= 0.3 is 0 Å². The number of anilines is 1. The highest BCUT2D eigenvalue weighted by atomic mass is 79.9. The average molecular weight is 533 g/mol. The predicted molar refractivity (Wildman–Crippen MR) is 142 cm³/mol. The second kappa shape index (κ2) is 11.1. The number of aromatic nitrogens is 2. The first-order valence-corrected chi connectivity index (χ1v) is 12.8. The second-order valence-corrected chi connectivity index (χ2v) is 9.92. The third kappa shape index (κ3) is 6.10. The number of rotatable bonds is 8. The summed E-state index contributed by atoms with van der Waals surface area (Å²) in [7, 11) is 0. The summed E-state index contributed by atoms with van der Waals surface area (Å²) in [6.07, 6.45) is 2.11. The number of carbonyl (C=O) groups is 1. The van der Waals surface area contributed by atoms with Gasteiger partial charge in [-0.15, -0.1) is 0 Å². The van der Waals surface area contributed by atoms with Crippen LogP contribution in [0.1, 0.15) is 18.7 Å². The minimum absolute atomic E-state index is 0.0340. The van der Waals surface area contributed by atoms with Gasteiger partial charge < -0.3 is 14.6 Å². The molecule has 1 aliphatic rings. The first-order valence-electron chi connectivity index (χ1n) is 12.0. The summed E-state index contributed by atoms with van der Waals surface area (Å²) in [6.45, 7) is 3.61. The maximum Gasteiger partial charge on any atom is 0.238 e. The zero-order valence-corrected chi connectivity index (χ0v) is 21.2. The molecule has 1 N–H and O–H groups in total. The van der Waals surface area contributed by atoms with Crippen molar-refractivity contribution >= 4 is 38.6 Å². The van der Waals surface area contributed by atoms with E-state index in [-0.39, 0.29) is 5.91 Å². The lowest BCUT2D eigenvalue weighted by molar-refractivity contribution is -0.117. The van der Waals surface area contributed by atoms with Gasteiger partial charge in [0.25, 0.3) is 0 Å². The number of likely N-dealkylation sites (tertiary alicyclic amines) is 1. The fraction of sp³-hybridized carbons (Fsp3) is 0.286. The highest BCUT2D eigenvalue weighted by Gasteiger charge is 2.23. The number of fused-ring (bicyclic) bond motifs is 1. The molecule has 0 aliphatic carbocycles.